The summed E-state index contributed by atoms with van der Waals surface area (Å²) in [6.45, 7) is 2.36. The molecule has 27 heavy (non-hydrogen) atoms. The third kappa shape index (κ3) is 4.71. The number of piperazine rings is 1. The molecule has 6 nitrogen and oxygen atoms in total. The topological polar surface area (TPSA) is 59.1 Å². The molecule has 1 heterocycles. The first-order valence-electron chi connectivity index (χ1n) is 8.67. The minimum atomic E-state index is -0.634. The molecule has 0 radical (unpaired) electrons. The third-order valence-corrected chi connectivity index (χ3v) is 4.70. The van der Waals surface area contributed by atoms with E-state index < -0.39 is 5.97 Å². The maximum atomic E-state index is 12.4. The molecule has 1 amide bonds. The first-order chi connectivity index (χ1) is 13.1. The fourth-order valence-electron chi connectivity index (χ4n) is 2.99. The van der Waals surface area contributed by atoms with Gasteiger partial charge in [-0.15, -0.1) is 0 Å². The van der Waals surface area contributed by atoms with Gasteiger partial charge in [-0.25, -0.2) is 4.79 Å². The lowest BCUT2D eigenvalue weighted by atomic mass is 10.2. The Kier molecular flexibility index (Phi) is 6.19. The Morgan fingerprint density at radius 1 is 1.04 bits per heavy atom. The van der Waals surface area contributed by atoms with E-state index in [1.807, 2.05) is 18.2 Å². The van der Waals surface area contributed by atoms with Crippen molar-refractivity contribution in [3.05, 3.63) is 59.1 Å². The van der Waals surface area contributed by atoms with Gasteiger partial charge in [0.25, 0.3) is 5.91 Å². The molecule has 7 heteroatoms. The Hall–Kier alpha value is -2.73. The molecule has 0 spiro atoms. The van der Waals surface area contributed by atoms with Crippen LogP contribution in [-0.4, -0.2) is 56.7 Å². The smallest absolute Gasteiger partial charge is 0.342 e. The van der Waals surface area contributed by atoms with Crippen LogP contribution in [0, 0.1) is 0 Å². The van der Waals surface area contributed by atoms with Gasteiger partial charge in [-0.05, 0) is 30.3 Å². The fraction of sp³-hybridized carbons (Fsp3) is 0.300. The van der Waals surface area contributed by atoms with E-state index in [0.29, 0.717) is 23.9 Å². The van der Waals surface area contributed by atoms with Gasteiger partial charge >= 0.3 is 5.97 Å². The number of rotatable bonds is 5. The second-order valence-electron chi connectivity index (χ2n) is 6.12. The lowest BCUT2D eigenvalue weighted by Crippen LogP contribution is -2.49. The molecule has 0 aromatic heterocycles. The maximum absolute atomic E-state index is 12.4. The Balaban J connectivity index is 1.52. The van der Waals surface area contributed by atoms with E-state index in [1.54, 1.807) is 17.0 Å². The van der Waals surface area contributed by atoms with Gasteiger partial charge in [-0.3, -0.25) is 4.79 Å². The van der Waals surface area contributed by atoms with Crippen LogP contribution in [0.4, 0.5) is 5.69 Å². The monoisotopic (exact) mass is 388 g/mol. The summed E-state index contributed by atoms with van der Waals surface area (Å²) in [7, 11) is 1.46. The molecule has 0 atom stereocenters. The molecule has 0 unspecified atom stereocenters. The number of halogens is 1. The van der Waals surface area contributed by atoms with Gasteiger partial charge in [-0.2, -0.15) is 0 Å². The summed E-state index contributed by atoms with van der Waals surface area (Å²) in [6.07, 6.45) is 0. The molecule has 0 N–H and O–H groups in total. The van der Waals surface area contributed by atoms with E-state index in [0.717, 1.165) is 18.8 Å². The number of para-hydroxylation sites is 1. The van der Waals surface area contributed by atoms with Crippen LogP contribution < -0.4 is 9.64 Å². The Morgan fingerprint density at radius 3 is 2.41 bits per heavy atom. The number of methoxy groups -OCH3 is 1. The number of carbonyl (C=O) groups excluding carboxylic acids is 2. The largest absolute Gasteiger partial charge is 0.496 e. The van der Waals surface area contributed by atoms with Gasteiger partial charge in [0, 0.05) is 36.9 Å². The van der Waals surface area contributed by atoms with E-state index in [1.165, 1.54) is 13.2 Å². The Morgan fingerprint density at radius 2 is 1.74 bits per heavy atom. The van der Waals surface area contributed by atoms with Crippen molar-refractivity contribution in [2.75, 3.05) is 44.8 Å². The molecule has 142 valence electrons. The molecule has 3 rings (SSSR count). The van der Waals surface area contributed by atoms with Gasteiger partial charge in [0.1, 0.15) is 11.3 Å². The van der Waals surface area contributed by atoms with Gasteiger partial charge < -0.3 is 19.3 Å². The SMILES string of the molecule is COc1ccc(Cl)cc1C(=O)OCC(=O)N1CCN(c2ccccc2)CC1. The van der Waals surface area contributed by atoms with Gasteiger partial charge in [0.2, 0.25) is 0 Å². The highest BCUT2D eigenvalue weighted by atomic mass is 35.5. The molecule has 2 aromatic carbocycles. The van der Waals surface area contributed by atoms with Gasteiger partial charge in [0.15, 0.2) is 6.61 Å². The van der Waals surface area contributed by atoms with E-state index in [2.05, 4.69) is 17.0 Å². The van der Waals surface area contributed by atoms with Crippen LogP contribution in [0.3, 0.4) is 0 Å². The average molecular weight is 389 g/mol. The molecular formula is C20H21ClN2O4. The number of carbonyl (C=O) groups is 2. The van der Waals surface area contributed by atoms with Crippen LogP contribution in [0.25, 0.3) is 0 Å². The second kappa shape index (κ2) is 8.77. The van der Waals surface area contributed by atoms with E-state index in [9.17, 15) is 9.59 Å². The van der Waals surface area contributed by atoms with Gasteiger partial charge in [-0.1, -0.05) is 29.8 Å². The molecule has 0 saturated carbocycles. The van der Waals surface area contributed by atoms with Crippen molar-refractivity contribution in [3.63, 3.8) is 0 Å². The number of anilines is 1. The second-order valence-corrected chi connectivity index (χ2v) is 6.56. The minimum absolute atomic E-state index is 0.201. The minimum Gasteiger partial charge on any atom is -0.496 e. The molecule has 2 aromatic rings. The molecule has 1 aliphatic heterocycles. The number of ether oxygens (including phenoxy) is 2. The van der Waals surface area contributed by atoms with Crippen molar-refractivity contribution in [2.24, 2.45) is 0 Å². The number of hydrogen-bond acceptors (Lipinski definition) is 5. The zero-order chi connectivity index (χ0) is 19.2. The lowest BCUT2D eigenvalue weighted by Gasteiger charge is -2.36. The summed E-state index contributed by atoms with van der Waals surface area (Å²) in [6, 6.07) is 14.7. The number of benzene rings is 2. The van der Waals surface area contributed by atoms with Crippen molar-refractivity contribution < 1.29 is 19.1 Å². The van der Waals surface area contributed by atoms with Crippen LogP contribution in [0.1, 0.15) is 10.4 Å². The number of hydrogen-bond donors (Lipinski definition) is 0. The fourth-order valence-corrected chi connectivity index (χ4v) is 3.16. The summed E-state index contributed by atoms with van der Waals surface area (Å²) < 4.78 is 10.3. The van der Waals surface area contributed by atoms with Gasteiger partial charge in [0.05, 0.1) is 7.11 Å². The van der Waals surface area contributed by atoms with Crippen LogP contribution >= 0.6 is 11.6 Å². The molecule has 0 bridgehead atoms. The normalized spacial score (nSPS) is 14.0. The molecule has 1 aliphatic rings. The van der Waals surface area contributed by atoms with Crippen molar-refractivity contribution in [2.45, 2.75) is 0 Å². The summed E-state index contributed by atoms with van der Waals surface area (Å²) in [5.41, 5.74) is 1.34. The van der Waals surface area contributed by atoms with Crippen molar-refractivity contribution in [3.8, 4) is 5.75 Å². The molecule has 0 aliphatic carbocycles. The van der Waals surface area contributed by atoms with E-state index in [-0.39, 0.29) is 18.1 Å². The zero-order valence-electron chi connectivity index (χ0n) is 15.1. The predicted molar refractivity (Wildman–Crippen MR) is 104 cm³/mol. The van der Waals surface area contributed by atoms with Crippen LogP contribution in [-0.2, 0) is 9.53 Å². The highest BCUT2D eigenvalue weighted by Gasteiger charge is 2.23. The van der Waals surface area contributed by atoms with Crippen LogP contribution in [0.15, 0.2) is 48.5 Å². The lowest BCUT2D eigenvalue weighted by molar-refractivity contribution is -0.134. The summed E-state index contributed by atoms with van der Waals surface area (Å²) in [5.74, 6) is -0.490. The van der Waals surface area contributed by atoms with Crippen LogP contribution in [0.5, 0.6) is 5.75 Å². The van der Waals surface area contributed by atoms with E-state index >= 15 is 0 Å². The predicted octanol–water partition coefficient (Wildman–Crippen LogP) is 2.85. The third-order valence-electron chi connectivity index (χ3n) is 4.46. The molecule has 1 fully saturated rings. The Labute approximate surface area is 163 Å². The molecular weight excluding hydrogens is 368 g/mol. The zero-order valence-corrected chi connectivity index (χ0v) is 15.8. The quantitative estimate of drug-likeness (QED) is 0.737. The van der Waals surface area contributed by atoms with Crippen molar-refractivity contribution in [1.29, 1.82) is 0 Å². The molecule has 1 saturated heterocycles. The summed E-state index contributed by atoms with van der Waals surface area (Å²) >= 11 is 5.92. The first-order valence-corrected chi connectivity index (χ1v) is 9.04. The summed E-state index contributed by atoms with van der Waals surface area (Å²) in [4.78, 5) is 28.6. The summed E-state index contributed by atoms with van der Waals surface area (Å²) in [5, 5.41) is 0.395. The van der Waals surface area contributed by atoms with Crippen LogP contribution in [0.2, 0.25) is 5.02 Å². The average Bonchev–Trinajstić information content (AvgIpc) is 2.72. The number of nitrogens with zero attached hydrogens (tertiary/aromatic N) is 2. The van der Waals surface area contributed by atoms with E-state index in [4.69, 9.17) is 21.1 Å². The number of esters is 1. The highest BCUT2D eigenvalue weighted by Crippen LogP contribution is 2.23. The standard InChI is InChI=1S/C20H21ClN2O4/c1-26-18-8-7-15(21)13-17(18)20(25)27-14-19(24)23-11-9-22(10-12-23)16-5-3-2-4-6-16/h2-8,13H,9-12,14H2,1H3. The maximum Gasteiger partial charge on any atom is 0.342 e. The van der Waals surface area contributed by atoms with Crippen molar-refractivity contribution in [1.82, 2.24) is 4.90 Å². The number of amides is 1. The first kappa shape index (κ1) is 19.0. The van der Waals surface area contributed by atoms with Crippen molar-refractivity contribution >= 4 is 29.2 Å². The highest BCUT2D eigenvalue weighted by molar-refractivity contribution is 6.31. The Bertz CT molecular complexity index is 805.